The minimum atomic E-state index is -0.234. The second kappa shape index (κ2) is 3.51. The molecule has 1 aliphatic rings. The molecule has 0 aliphatic heterocycles. The fourth-order valence-electron chi connectivity index (χ4n) is 1.30. The van der Waals surface area contributed by atoms with Gasteiger partial charge in [-0.25, -0.2) is 0 Å². The van der Waals surface area contributed by atoms with Crippen LogP contribution in [0.5, 0.6) is 0 Å². The van der Waals surface area contributed by atoms with Crippen molar-refractivity contribution >= 4 is 0 Å². The largest absolute Gasteiger partial charge is 0.358 e. The maximum atomic E-state index is 9.69. The molecule has 0 aromatic rings. The Labute approximate surface area is 60.5 Å². The van der Waals surface area contributed by atoms with Crippen LogP contribution in [0.4, 0.5) is 0 Å². The van der Waals surface area contributed by atoms with Gasteiger partial charge in [-0.15, -0.1) is 4.91 Å². The molecule has 0 radical (unpaired) electrons. The number of nitrogens with zero attached hydrogens (tertiary/aromatic N) is 1. The molecule has 1 saturated carbocycles. The first-order valence-electron chi connectivity index (χ1n) is 3.28. The molecule has 0 aromatic heterocycles. The summed E-state index contributed by atoms with van der Waals surface area (Å²) in [6.07, 6.45) is 4.26. The highest BCUT2D eigenvalue weighted by Crippen LogP contribution is 2.32. The third kappa shape index (κ3) is 1.95. The van der Waals surface area contributed by atoms with Gasteiger partial charge in [0.1, 0.15) is 5.60 Å². The average Bonchev–Trinajstić information content (AvgIpc) is 2.16. The predicted molar refractivity (Wildman–Crippen MR) is 38.8 cm³/mol. The normalized spacial score (nSPS) is 21.3. The molecule has 0 amide bonds. The van der Waals surface area contributed by atoms with Crippen LogP contribution in [-0.4, -0.2) is 5.60 Å². The molecule has 4 heteroatoms. The van der Waals surface area contributed by atoms with E-state index in [9.17, 15) is 4.91 Å². The van der Waals surface area contributed by atoms with Crippen LogP contribution < -0.4 is 6.15 Å². The Kier molecular flexibility index (Phi) is 3.28. The molecule has 0 unspecified atom stereocenters. The zero-order chi connectivity index (χ0) is 6.74. The Morgan fingerprint density at radius 1 is 1.40 bits per heavy atom. The molecule has 0 bridgehead atoms. The lowest BCUT2D eigenvalue weighted by Gasteiger charge is -2.17. The third-order valence-corrected chi connectivity index (χ3v) is 1.92. The molecular weight excluding hydrogens is 132 g/mol. The second-order valence-electron chi connectivity index (χ2n) is 2.82. The van der Waals surface area contributed by atoms with E-state index in [1.165, 1.54) is 0 Å². The van der Waals surface area contributed by atoms with E-state index in [-0.39, 0.29) is 11.8 Å². The van der Waals surface area contributed by atoms with Crippen LogP contribution in [0.25, 0.3) is 0 Å². The zero-order valence-electron chi connectivity index (χ0n) is 6.30. The first-order chi connectivity index (χ1) is 4.27. The smallest absolute Gasteiger partial charge is 0.155 e. The van der Waals surface area contributed by atoms with E-state index >= 15 is 0 Å². The first kappa shape index (κ1) is 9.36. The fourth-order valence-corrected chi connectivity index (χ4v) is 1.30. The molecule has 0 heterocycles. The Balaban J connectivity index is 0.000000810. The van der Waals surface area contributed by atoms with Crippen LogP contribution in [0.2, 0.25) is 0 Å². The summed E-state index contributed by atoms with van der Waals surface area (Å²) in [7, 11) is 0. The van der Waals surface area contributed by atoms with E-state index in [1.807, 2.05) is 6.92 Å². The van der Waals surface area contributed by atoms with Gasteiger partial charge in [0.25, 0.3) is 0 Å². The Hall–Kier alpha value is -0.640. The molecule has 10 heavy (non-hydrogen) atoms. The molecule has 60 valence electrons. The van der Waals surface area contributed by atoms with Crippen molar-refractivity contribution in [2.45, 2.75) is 38.2 Å². The molecule has 3 N–H and O–H groups in total. The highest BCUT2D eigenvalue weighted by atomic mass is 16.7. The summed E-state index contributed by atoms with van der Waals surface area (Å²) in [5.74, 6) is 0. The molecule has 0 aromatic carbocycles. The van der Waals surface area contributed by atoms with Gasteiger partial charge >= 0.3 is 0 Å². The summed E-state index contributed by atoms with van der Waals surface area (Å²) < 4.78 is 0. The third-order valence-electron chi connectivity index (χ3n) is 1.92. The molecule has 0 spiro atoms. The summed E-state index contributed by atoms with van der Waals surface area (Å²) in [6.45, 7) is 1.93. The minimum absolute atomic E-state index is 0. The highest BCUT2D eigenvalue weighted by molar-refractivity contribution is 4.80. The molecule has 0 saturated heterocycles. The van der Waals surface area contributed by atoms with E-state index in [1.54, 1.807) is 0 Å². The Morgan fingerprint density at radius 3 is 2.30 bits per heavy atom. The maximum absolute atomic E-state index is 9.69. The van der Waals surface area contributed by atoms with Crippen molar-refractivity contribution in [3.8, 4) is 0 Å². The van der Waals surface area contributed by atoms with Crippen LogP contribution in [0, 0.1) is 4.91 Å². The fraction of sp³-hybridized carbons (Fsp3) is 1.00. The number of hydrogen-bond acceptors (Lipinski definition) is 4. The van der Waals surface area contributed by atoms with Crippen LogP contribution in [0.3, 0.4) is 0 Å². The molecule has 4 nitrogen and oxygen atoms in total. The van der Waals surface area contributed by atoms with Crippen molar-refractivity contribution < 1.29 is 4.84 Å². The summed E-state index contributed by atoms with van der Waals surface area (Å²) in [5, 5.41) is 2.44. The van der Waals surface area contributed by atoms with E-state index < -0.39 is 0 Å². The van der Waals surface area contributed by atoms with Gasteiger partial charge in [0.05, 0.1) is 0 Å². The lowest BCUT2D eigenvalue weighted by Crippen LogP contribution is -2.20. The molecule has 1 rings (SSSR count). The minimum Gasteiger partial charge on any atom is -0.358 e. The zero-order valence-corrected chi connectivity index (χ0v) is 6.30. The number of rotatable bonds is 2. The lowest BCUT2D eigenvalue weighted by atomic mass is 10.1. The lowest BCUT2D eigenvalue weighted by molar-refractivity contribution is -0.0261. The van der Waals surface area contributed by atoms with Gasteiger partial charge in [0, 0.05) is 0 Å². The standard InChI is InChI=1S/C6H11NO2.H3N/c1-6(9-7-8)4-2-3-5-6;/h2-5H2,1H3;1H3. The van der Waals surface area contributed by atoms with Gasteiger partial charge in [0.15, 0.2) is 5.34 Å². The maximum Gasteiger partial charge on any atom is 0.155 e. The van der Waals surface area contributed by atoms with Crippen molar-refractivity contribution in [2.75, 3.05) is 0 Å². The quantitative estimate of drug-likeness (QED) is 0.479. The van der Waals surface area contributed by atoms with Crippen LogP contribution in [0.1, 0.15) is 32.6 Å². The monoisotopic (exact) mass is 146 g/mol. The van der Waals surface area contributed by atoms with Gasteiger partial charge in [-0.1, -0.05) is 0 Å². The van der Waals surface area contributed by atoms with E-state index in [0.717, 1.165) is 25.7 Å². The summed E-state index contributed by atoms with van der Waals surface area (Å²) in [6, 6.07) is 0. The summed E-state index contributed by atoms with van der Waals surface area (Å²) in [4.78, 5) is 14.4. The van der Waals surface area contributed by atoms with Gasteiger partial charge in [-0.05, 0) is 32.6 Å². The van der Waals surface area contributed by atoms with Gasteiger partial charge in [-0.2, -0.15) is 0 Å². The second-order valence-corrected chi connectivity index (χ2v) is 2.82. The average molecular weight is 146 g/mol. The number of hydrogen-bond donors (Lipinski definition) is 1. The molecular formula is C6H14N2O2. The van der Waals surface area contributed by atoms with Crippen LogP contribution in [0.15, 0.2) is 5.34 Å². The van der Waals surface area contributed by atoms with E-state index in [2.05, 4.69) is 10.2 Å². The SMILES string of the molecule is CC1(ON=O)CCCC1.N. The summed E-state index contributed by atoms with van der Waals surface area (Å²) >= 11 is 0. The Bertz CT molecular complexity index is 110. The highest BCUT2D eigenvalue weighted by Gasteiger charge is 2.31. The van der Waals surface area contributed by atoms with Crippen LogP contribution in [-0.2, 0) is 4.84 Å². The van der Waals surface area contributed by atoms with E-state index in [4.69, 9.17) is 0 Å². The van der Waals surface area contributed by atoms with Crippen molar-refractivity contribution in [1.29, 1.82) is 0 Å². The molecule has 0 atom stereocenters. The topological polar surface area (TPSA) is 73.7 Å². The van der Waals surface area contributed by atoms with Crippen molar-refractivity contribution in [2.24, 2.45) is 5.34 Å². The van der Waals surface area contributed by atoms with Crippen molar-refractivity contribution in [3.63, 3.8) is 0 Å². The first-order valence-corrected chi connectivity index (χ1v) is 3.28. The van der Waals surface area contributed by atoms with Crippen molar-refractivity contribution in [3.05, 3.63) is 4.91 Å². The van der Waals surface area contributed by atoms with Crippen molar-refractivity contribution in [1.82, 2.24) is 6.15 Å². The van der Waals surface area contributed by atoms with Gasteiger partial charge in [-0.3, -0.25) is 0 Å². The van der Waals surface area contributed by atoms with Gasteiger partial charge < -0.3 is 11.0 Å². The summed E-state index contributed by atoms with van der Waals surface area (Å²) in [5.41, 5.74) is -0.234. The Morgan fingerprint density at radius 2 is 1.90 bits per heavy atom. The van der Waals surface area contributed by atoms with Crippen LogP contribution >= 0.6 is 0 Å². The molecule has 1 aliphatic carbocycles. The van der Waals surface area contributed by atoms with E-state index in [0.29, 0.717) is 0 Å². The van der Waals surface area contributed by atoms with Gasteiger partial charge in [0.2, 0.25) is 0 Å². The predicted octanol–water partition coefficient (Wildman–Crippen LogP) is 2.18. The molecule has 1 fully saturated rings.